The number of aliphatic imine (C=N–C) groups is 1. The van der Waals surface area contributed by atoms with E-state index in [1.807, 2.05) is 31.2 Å². The monoisotopic (exact) mass is 374 g/mol. The number of hydrogen-bond acceptors (Lipinski definition) is 4. The van der Waals surface area contributed by atoms with Crippen LogP contribution in [0.3, 0.4) is 0 Å². The summed E-state index contributed by atoms with van der Waals surface area (Å²) in [6.45, 7) is 3.58. The number of ketones is 1. The van der Waals surface area contributed by atoms with Crippen LogP contribution in [0.4, 0.5) is 24.5 Å². The molecule has 2 aliphatic heterocycles. The summed E-state index contributed by atoms with van der Waals surface area (Å²) in [7, 11) is 0. The molecule has 1 atom stereocenters. The third-order valence-electron chi connectivity index (χ3n) is 5.16. The van der Waals surface area contributed by atoms with Crippen molar-refractivity contribution in [3.8, 4) is 0 Å². The van der Waals surface area contributed by atoms with E-state index in [4.69, 9.17) is 0 Å². The van der Waals surface area contributed by atoms with Crippen molar-refractivity contribution in [3.05, 3.63) is 58.7 Å². The van der Waals surface area contributed by atoms with Gasteiger partial charge in [-0.3, -0.25) is 4.79 Å². The summed E-state index contributed by atoms with van der Waals surface area (Å²) in [5.74, 6) is -0.519. The molecule has 0 unspecified atom stereocenters. The van der Waals surface area contributed by atoms with E-state index in [9.17, 15) is 23.1 Å². The number of carbonyl (C=O) groups excluding carboxylic acids is 1. The molecular formula is C20H17F3N2O2. The number of fused-ring (bicyclic) bond motifs is 2. The molecule has 2 aliphatic rings. The Morgan fingerprint density at radius 3 is 2.44 bits per heavy atom. The van der Waals surface area contributed by atoms with Gasteiger partial charge in [0, 0.05) is 24.2 Å². The van der Waals surface area contributed by atoms with Crippen LogP contribution in [0.5, 0.6) is 0 Å². The summed E-state index contributed by atoms with van der Waals surface area (Å²) in [6.07, 6.45) is -4.40. The van der Waals surface area contributed by atoms with Crippen LogP contribution in [0.2, 0.25) is 0 Å². The van der Waals surface area contributed by atoms with E-state index < -0.39 is 23.1 Å². The number of carbonyl (C=O) groups is 1. The largest absolute Gasteiger partial charge is 0.416 e. The Morgan fingerprint density at radius 1 is 1.15 bits per heavy atom. The number of rotatable bonds is 1. The number of anilines is 1. The fourth-order valence-corrected chi connectivity index (χ4v) is 3.67. The molecule has 27 heavy (non-hydrogen) atoms. The van der Waals surface area contributed by atoms with Crippen molar-refractivity contribution in [1.29, 1.82) is 0 Å². The summed E-state index contributed by atoms with van der Waals surface area (Å²) in [5.41, 5.74) is -0.965. The average molecular weight is 374 g/mol. The van der Waals surface area contributed by atoms with Gasteiger partial charge in [-0.1, -0.05) is 17.7 Å². The Morgan fingerprint density at radius 2 is 1.81 bits per heavy atom. The summed E-state index contributed by atoms with van der Waals surface area (Å²) in [5, 5.41) is 11.0. The number of alkyl halides is 3. The molecule has 140 valence electrons. The number of benzene rings is 2. The Balaban J connectivity index is 1.88. The molecule has 0 amide bonds. The van der Waals surface area contributed by atoms with Crippen molar-refractivity contribution < 1.29 is 23.1 Å². The van der Waals surface area contributed by atoms with Crippen LogP contribution in [0.25, 0.3) is 0 Å². The predicted octanol–water partition coefficient (Wildman–Crippen LogP) is 4.19. The van der Waals surface area contributed by atoms with Crippen molar-refractivity contribution in [2.45, 2.75) is 32.0 Å². The lowest BCUT2D eigenvalue weighted by Gasteiger charge is -2.30. The van der Waals surface area contributed by atoms with E-state index in [0.29, 0.717) is 6.54 Å². The molecule has 1 saturated heterocycles. The number of Topliss-reactive ketones (excluding diaryl/α,β-unsaturated/α-hetero) is 1. The summed E-state index contributed by atoms with van der Waals surface area (Å²) in [4.78, 5) is 18.9. The molecule has 0 radical (unpaired) electrons. The molecule has 0 aliphatic carbocycles. The molecule has 0 aromatic heterocycles. The molecule has 2 aromatic carbocycles. The quantitative estimate of drug-likeness (QED) is 0.814. The van der Waals surface area contributed by atoms with Crippen LogP contribution in [0.15, 0.2) is 41.4 Å². The van der Waals surface area contributed by atoms with E-state index in [-0.39, 0.29) is 29.1 Å². The van der Waals surface area contributed by atoms with Gasteiger partial charge in [-0.15, -0.1) is 0 Å². The highest BCUT2D eigenvalue weighted by molar-refractivity contribution is 6.28. The molecule has 1 N–H and O–H groups in total. The zero-order chi connectivity index (χ0) is 19.6. The molecule has 4 nitrogen and oxygen atoms in total. The van der Waals surface area contributed by atoms with Gasteiger partial charge in [0.05, 0.1) is 11.3 Å². The minimum absolute atomic E-state index is 0.0255. The third kappa shape index (κ3) is 2.65. The second kappa shape index (κ2) is 5.66. The molecule has 4 rings (SSSR count). The second-order valence-corrected chi connectivity index (χ2v) is 7.04. The predicted molar refractivity (Wildman–Crippen MR) is 95.7 cm³/mol. The van der Waals surface area contributed by atoms with E-state index in [0.717, 1.165) is 17.3 Å². The molecular weight excluding hydrogens is 357 g/mol. The Bertz CT molecular complexity index is 980. The highest BCUT2D eigenvalue weighted by Gasteiger charge is 2.52. The van der Waals surface area contributed by atoms with Gasteiger partial charge in [0.1, 0.15) is 5.84 Å². The number of aliphatic hydroxyl groups is 1. The highest BCUT2D eigenvalue weighted by atomic mass is 19.4. The van der Waals surface area contributed by atoms with Crippen LogP contribution in [-0.4, -0.2) is 28.9 Å². The minimum Gasteiger partial charge on any atom is -0.374 e. The van der Waals surface area contributed by atoms with Crippen molar-refractivity contribution in [1.82, 2.24) is 0 Å². The van der Waals surface area contributed by atoms with Crippen molar-refractivity contribution >= 4 is 23.0 Å². The second-order valence-electron chi connectivity index (χ2n) is 7.04. The normalized spacial score (nSPS) is 21.8. The standard InChI is InChI=1S/C20H17F3N2O2/c1-11-3-5-13(6-4-11)25-8-7-19(27)17(26)14-9-12(2)15(20(21,22)23)10-16(14)24-18(19)25/h3-6,9-10,27H,7-8H2,1-2H3/t19-/m1/s1. The molecule has 0 spiro atoms. The maximum absolute atomic E-state index is 13.2. The maximum Gasteiger partial charge on any atom is 0.416 e. The zero-order valence-corrected chi connectivity index (χ0v) is 14.8. The van der Waals surface area contributed by atoms with Crippen LogP contribution < -0.4 is 4.90 Å². The van der Waals surface area contributed by atoms with Gasteiger partial charge < -0.3 is 10.0 Å². The molecule has 0 bridgehead atoms. The first-order valence-corrected chi connectivity index (χ1v) is 8.53. The minimum atomic E-state index is -4.54. The molecule has 0 saturated carbocycles. The fraction of sp³-hybridized carbons (Fsp3) is 0.300. The van der Waals surface area contributed by atoms with Gasteiger partial charge in [0.15, 0.2) is 5.60 Å². The maximum atomic E-state index is 13.2. The molecule has 7 heteroatoms. The van der Waals surface area contributed by atoms with Gasteiger partial charge in [-0.25, -0.2) is 4.99 Å². The fourth-order valence-electron chi connectivity index (χ4n) is 3.67. The first-order chi connectivity index (χ1) is 12.6. The smallest absolute Gasteiger partial charge is 0.374 e. The lowest BCUT2D eigenvalue weighted by Crippen LogP contribution is -2.48. The Labute approximate surface area is 154 Å². The van der Waals surface area contributed by atoms with Crippen LogP contribution in [0.1, 0.15) is 33.5 Å². The molecule has 2 heterocycles. The van der Waals surface area contributed by atoms with E-state index in [1.165, 1.54) is 13.0 Å². The van der Waals surface area contributed by atoms with Gasteiger partial charge >= 0.3 is 6.18 Å². The van der Waals surface area contributed by atoms with Gasteiger partial charge in [0.2, 0.25) is 5.78 Å². The van der Waals surface area contributed by atoms with Crippen molar-refractivity contribution in [3.63, 3.8) is 0 Å². The number of amidine groups is 1. The number of aryl methyl sites for hydroxylation is 2. The first kappa shape index (κ1) is 17.7. The number of nitrogens with zero attached hydrogens (tertiary/aromatic N) is 2. The SMILES string of the molecule is Cc1ccc(N2CC[C@@]3(O)C(=O)c4cc(C)c(C(F)(F)F)cc4N=C23)cc1. The number of hydrogen-bond donors (Lipinski definition) is 1. The first-order valence-electron chi connectivity index (χ1n) is 8.53. The van der Waals surface area contributed by atoms with Crippen LogP contribution in [0, 0.1) is 13.8 Å². The summed E-state index contributed by atoms with van der Waals surface area (Å²) < 4.78 is 39.7. The van der Waals surface area contributed by atoms with Crippen LogP contribution in [-0.2, 0) is 6.18 Å². The van der Waals surface area contributed by atoms with Gasteiger partial charge in [0.25, 0.3) is 0 Å². The summed E-state index contributed by atoms with van der Waals surface area (Å²) in [6, 6.07) is 9.50. The highest BCUT2D eigenvalue weighted by Crippen LogP contribution is 2.43. The average Bonchev–Trinajstić information content (AvgIpc) is 2.93. The number of halogens is 3. The van der Waals surface area contributed by atoms with E-state index in [1.54, 1.807) is 4.90 Å². The van der Waals surface area contributed by atoms with Gasteiger partial charge in [-0.05, 0) is 43.7 Å². The Hall–Kier alpha value is -2.67. The van der Waals surface area contributed by atoms with Crippen LogP contribution >= 0.6 is 0 Å². The van der Waals surface area contributed by atoms with Crippen molar-refractivity contribution in [2.75, 3.05) is 11.4 Å². The van der Waals surface area contributed by atoms with E-state index >= 15 is 0 Å². The molecule has 2 aromatic rings. The topological polar surface area (TPSA) is 52.9 Å². The lowest BCUT2D eigenvalue weighted by atomic mass is 9.86. The van der Waals surface area contributed by atoms with E-state index in [2.05, 4.69) is 4.99 Å². The molecule has 1 fully saturated rings. The third-order valence-corrected chi connectivity index (χ3v) is 5.16. The Kier molecular flexibility index (Phi) is 3.72. The van der Waals surface area contributed by atoms with Crippen molar-refractivity contribution in [2.24, 2.45) is 4.99 Å². The van der Waals surface area contributed by atoms with Gasteiger partial charge in [-0.2, -0.15) is 13.2 Å². The zero-order valence-electron chi connectivity index (χ0n) is 14.8. The lowest BCUT2D eigenvalue weighted by molar-refractivity contribution is -0.138. The summed E-state index contributed by atoms with van der Waals surface area (Å²) >= 11 is 0.